The standard InChI is InChI=1S/C26H43NO/c1-25-15-13-19(8-6-5-7-17-27(3)4)18-20(25)9-10-21-22-11-12-24(28)26(22,2)16-14-23(21)25/h18-19,21-23H,5-17H2,1-4H3/t19?,21?,22?,23?,25-,26-/m0/s1. The normalized spacial score (nSPS) is 42.8. The van der Waals surface area contributed by atoms with Gasteiger partial charge in [0.1, 0.15) is 5.78 Å². The summed E-state index contributed by atoms with van der Waals surface area (Å²) in [5.41, 5.74) is 2.28. The van der Waals surface area contributed by atoms with Crippen LogP contribution in [-0.2, 0) is 4.79 Å². The molecule has 158 valence electrons. The molecule has 6 atom stereocenters. The maximum Gasteiger partial charge on any atom is 0.139 e. The minimum atomic E-state index is 0.0303. The summed E-state index contributed by atoms with van der Waals surface area (Å²) in [4.78, 5) is 14.9. The lowest BCUT2D eigenvalue weighted by Crippen LogP contribution is -2.50. The van der Waals surface area contributed by atoms with Gasteiger partial charge in [0, 0.05) is 11.8 Å². The Hall–Kier alpha value is -0.630. The van der Waals surface area contributed by atoms with Crippen LogP contribution in [0.5, 0.6) is 0 Å². The fourth-order valence-corrected chi connectivity index (χ4v) is 7.81. The van der Waals surface area contributed by atoms with Crippen molar-refractivity contribution in [1.29, 1.82) is 0 Å². The molecule has 0 amide bonds. The number of carbonyl (C=O) groups excluding carboxylic acids is 1. The molecule has 0 bridgehead atoms. The summed E-state index contributed by atoms with van der Waals surface area (Å²) in [6, 6.07) is 0. The molecule has 0 saturated heterocycles. The van der Waals surface area contributed by atoms with Gasteiger partial charge in [-0.15, -0.1) is 0 Å². The van der Waals surface area contributed by atoms with Crippen molar-refractivity contribution in [2.45, 2.75) is 90.9 Å². The van der Waals surface area contributed by atoms with Crippen LogP contribution >= 0.6 is 0 Å². The molecule has 0 aromatic rings. The van der Waals surface area contributed by atoms with Gasteiger partial charge in [-0.05, 0) is 108 Å². The first-order chi connectivity index (χ1) is 13.3. The zero-order valence-electron chi connectivity index (χ0n) is 18.9. The lowest BCUT2D eigenvalue weighted by molar-refractivity contribution is -0.132. The average molecular weight is 386 g/mol. The number of hydrogen-bond acceptors (Lipinski definition) is 2. The van der Waals surface area contributed by atoms with Crippen molar-refractivity contribution in [2.75, 3.05) is 20.6 Å². The number of nitrogens with zero attached hydrogens (tertiary/aromatic N) is 1. The molecule has 0 radical (unpaired) electrons. The van der Waals surface area contributed by atoms with Gasteiger partial charge in [0.25, 0.3) is 0 Å². The monoisotopic (exact) mass is 385 g/mol. The van der Waals surface area contributed by atoms with E-state index in [1.54, 1.807) is 0 Å². The van der Waals surface area contributed by atoms with Gasteiger partial charge in [0.05, 0.1) is 0 Å². The number of unbranched alkanes of at least 4 members (excludes halogenated alkanes) is 2. The molecule has 0 aromatic heterocycles. The van der Waals surface area contributed by atoms with E-state index in [1.807, 2.05) is 5.57 Å². The Morgan fingerprint density at radius 1 is 0.929 bits per heavy atom. The fraction of sp³-hybridized carbons (Fsp3) is 0.885. The van der Waals surface area contributed by atoms with E-state index >= 15 is 0 Å². The molecule has 0 aliphatic heterocycles. The molecule has 0 aromatic carbocycles. The quantitative estimate of drug-likeness (QED) is 0.397. The van der Waals surface area contributed by atoms with Gasteiger partial charge in [-0.1, -0.05) is 38.3 Å². The SMILES string of the molecule is CN(C)CCCCCC1C=C2CCC3C(CC[C@]4(C)C(=O)CCC34)[C@@]2(C)CC1. The Morgan fingerprint density at radius 2 is 1.68 bits per heavy atom. The van der Waals surface area contributed by atoms with Gasteiger partial charge < -0.3 is 4.90 Å². The molecule has 4 aliphatic carbocycles. The van der Waals surface area contributed by atoms with Crippen LogP contribution in [-0.4, -0.2) is 31.3 Å². The van der Waals surface area contributed by atoms with Crippen molar-refractivity contribution in [1.82, 2.24) is 4.90 Å². The van der Waals surface area contributed by atoms with Gasteiger partial charge in [0.15, 0.2) is 0 Å². The highest BCUT2D eigenvalue weighted by Crippen LogP contribution is 2.64. The number of hydrogen-bond donors (Lipinski definition) is 0. The number of ketones is 1. The summed E-state index contributed by atoms with van der Waals surface area (Å²) in [5.74, 6) is 3.76. The Balaban J connectivity index is 1.39. The highest BCUT2D eigenvalue weighted by atomic mass is 16.1. The van der Waals surface area contributed by atoms with Crippen LogP contribution in [0.4, 0.5) is 0 Å². The molecular weight excluding hydrogens is 342 g/mol. The maximum absolute atomic E-state index is 12.6. The second-order valence-electron chi connectivity index (χ2n) is 11.4. The summed E-state index contributed by atoms with van der Waals surface area (Å²) in [6.07, 6.45) is 18.2. The maximum atomic E-state index is 12.6. The third-order valence-electron chi connectivity index (χ3n) is 9.60. The zero-order valence-corrected chi connectivity index (χ0v) is 18.9. The van der Waals surface area contributed by atoms with Crippen molar-refractivity contribution in [3.05, 3.63) is 11.6 Å². The Kier molecular flexibility index (Phi) is 5.82. The van der Waals surface area contributed by atoms with E-state index in [1.165, 1.54) is 70.8 Å². The first-order valence-corrected chi connectivity index (χ1v) is 12.2. The molecule has 4 rings (SSSR count). The molecule has 28 heavy (non-hydrogen) atoms. The average Bonchev–Trinajstić information content (AvgIpc) is 2.96. The summed E-state index contributed by atoms with van der Waals surface area (Å²) in [5, 5.41) is 0. The fourth-order valence-electron chi connectivity index (χ4n) is 7.81. The third-order valence-corrected chi connectivity index (χ3v) is 9.60. The number of carbonyl (C=O) groups is 1. The number of allylic oxidation sites excluding steroid dienone is 2. The Bertz CT molecular complexity index is 622. The number of rotatable bonds is 6. The smallest absolute Gasteiger partial charge is 0.139 e. The van der Waals surface area contributed by atoms with Gasteiger partial charge in [0.2, 0.25) is 0 Å². The van der Waals surface area contributed by atoms with E-state index in [0.717, 1.165) is 30.6 Å². The Labute approximate surface area is 173 Å². The third kappa shape index (κ3) is 3.53. The van der Waals surface area contributed by atoms with Gasteiger partial charge >= 0.3 is 0 Å². The van der Waals surface area contributed by atoms with Gasteiger partial charge in [-0.25, -0.2) is 0 Å². The minimum absolute atomic E-state index is 0.0303. The van der Waals surface area contributed by atoms with Crippen LogP contribution < -0.4 is 0 Å². The molecular formula is C26H43NO. The molecule has 3 fully saturated rings. The predicted molar refractivity (Wildman–Crippen MR) is 117 cm³/mol. The van der Waals surface area contributed by atoms with E-state index in [2.05, 4.69) is 38.9 Å². The summed E-state index contributed by atoms with van der Waals surface area (Å²) >= 11 is 0. The lowest BCUT2D eigenvalue weighted by Gasteiger charge is -2.57. The summed E-state index contributed by atoms with van der Waals surface area (Å²) in [7, 11) is 4.36. The molecule has 0 N–H and O–H groups in total. The molecule has 2 nitrogen and oxygen atoms in total. The van der Waals surface area contributed by atoms with Crippen LogP contribution in [0.2, 0.25) is 0 Å². The summed E-state index contributed by atoms with van der Waals surface area (Å²) in [6.45, 7) is 6.14. The van der Waals surface area contributed by atoms with Crippen molar-refractivity contribution < 1.29 is 4.79 Å². The molecule has 4 unspecified atom stereocenters. The van der Waals surface area contributed by atoms with Gasteiger partial charge in [-0.2, -0.15) is 0 Å². The van der Waals surface area contributed by atoms with Crippen LogP contribution in [0, 0.1) is 34.5 Å². The molecule has 4 aliphatic rings. The van der Waals surface area contributed by atoms with Gasteiger partial charge in [-0.3, -0.25) is 4.79 Å². The van der Waals surface area contributed by atoms with Crippen LogP contribution in [0.3, 0.4) is 0 Å². The molecule has 3 saturated carbocycles. The first kappa shape index (κ1) is 20.6. The predicted octanol–water partition coefficient (Wildman–Crippen LogP) is 6.26. The summed E-state index contributed by atoms with van der Waals surface area (Å²) < 4.78 is 0. The largest absolute Gasteiger partial charge is 0.309 e. The van der Waals surface area contributed by atoms with Crippen LogP contribution in [0.1, 0.15) is 90.9 Å². The number of Topliss-reactive ketones (excluding diaryl/α,β-unsaturated/α-hetero) is 1. The molecule has 0 spiro atoms. The number of fused-ring (bicyclic) bond motifs is 5. The molecule has 0 heterocycles. The Morgan fingerprint density at radius 3 is 2.46 bits per heavy atom. The first-order valence-electron chi connectivity index (χ1n) is 12.2. The van der Waals surface area contributed by atoms with Crippen molar-refractivity contribution in [3.63, 3.8) is 0 Å². The minimum Gasteiger partial charge on any atom is -0.309 e. The van der Waals surface area contributed by atoms with Crippen molar-refractivity contribution in [3.8, 4) is 0 Å². The van der Waals surface area contributed by atoms with Crippen LogP contribution in [0.25, 0.3) is 0 Å². The van der Waals surface area contributed by atoms with E-state index < -0.39 is 0 Å². The van der Waals surface area contributed by atoms with Crippen molar-refractivity contribution in [2.24, 2.45) is 34.5 Å². The lowest BCUT2D eigenvalue weighted by atomic mass is 9.47. The highest BCUT2D eigenvalue weighted by Gasteiger charge is 2.58. The van der Waals surface area contributed by atoms with E-state index in [9.17, 15) is 4.79 Å². The molecule has 2 heteroatoms. The second-order valence-corrected chi connectivity index (χ2v) is 11.4. The second kappa shape index (κ2) is 7.89. The van der Waals surface area contributed by atoms with Crippen molar-refractivity contribution >= 4 is 5.78 Å². The van der Waals surface area contributed by atoms with Crippen LogP contribution in [0.15, 0.2) is 11.6 Å². The topological polar surface area (TPSA) is 20.3 Å². The highest BCUT2D eigenvalue weighted by molar-refractivity contribution is 5.87. The van der Waals surface area contributed by atoms with E-state index in [-0.39, 0.29) is 5.41 Å². The van der Waals surface area contributed by atoms with E-state index in [4.69, 9.17) is 0 Å². The zero-order chi connectivity index (χ0) is 19.9. The van der Waals surface area contributed by atoms with E-state index in [0.29, 0.717) is 17.1 Å².